The first-order valence-electron chi connectivity index (χ1n) is 13.3. The Balaban J connectivity index is 1.67. The normalized spacial score (nSPS) is 11.6. The largest absolute Gasteiger partial charge is 0.478 e. The number of anilines is 1. The van der Waals surface area contributed by atoms with Crippen molar-refractivity contribution in [2.45, 2.75) is 58.2 Å². The summed E-state index contributed by atoms with van der Waals surface area (Å²) in [5.74, 6) is -1.12. The number of ether oxygens (including phenoxy) is 1. The van der Waals surface area contributed by atoms with Crippen molar-refractivity contribution in [3.63, 3.8) is 0 Å². The number of nitrogens with zero attached hydrogens (tertiary/aromatic N) is 1. The molecule has 0 radical (unpaired) electrons. The van der Waals surface area contributed by atoms with E-state index in [4.69, 9.17) is 10.1 Å². The van der Waals surface area contributed by atoms with Crippen LogP contribution in [0, 0.1) is 18.2 Å². The van der Waals surface area contributed by atoms with E-state index in [0.29, 0.717) is 24.2 Å². The summed E-state index contributed by atoms with van der Waals surface area (Å²) in [6.07, 6.45) is -3.16. The van der Waals surface area contributed by atoms with Gasteiger partial charge < -0.3 is 15.2 Å². The van der Waals surface area contributed by atoms with E-state index in [9.17, 15) is 32.3 Å². The van der Waals surface area contributed by atoms with Crippen molar-refractivity contribution in [3.8, 4) is 5.75 Å². The summed E-state index contributed by atoms with van der Waals surface area (Å²) < 4.78 is 58.5. The van der Waals surface area contributed by atoms with E-state index >= 15 is 0 Å². The molecule has 0 aliphatic rings. The van der Waals surface area contributed by atoms with Crippen LogP contribution in [-0.2, 0) is 23.8 Å². The molecule has 3 aromatic carbocycles. The van der Waals surface area contributed by atoms with Crippen molar-refractivity contribution in [1.29, 1.82) is 5.41 Å². The number of carbonyl (C=O) groups excluding carboxylic acids is 1. The Bertz CT molecular complexity index is 1420. The second-order valence-corrected chi connectivity index (χ2v) is 10.3. The average Bonchev–Trinajstić information content (AvgIpc) is 2.91. The number of amides is 2. The highest BCUT2D eigenvalue weighted by Gasteiger charge is 2.31. The zero-order valence-electron chi connectivity index (χ0n) is 23.5. The van der Waals surface area contributed by atoms with Gasteiger partial charge in [-0.05, 0) is 93.1 Å². The summed E-state index contributed by atoms with van der Waals surface area (Å²) in [7, 11) is 0. The van der Waals surface area contributed by atoms with Gasteiger partial charge in [0.1, 0.15) is 17.4 Å². The summed E-state index contributed by atoms with van der Waals surface area (Å²) in [6.45, 7) is 4.70. The number of alkyl halides is 3. The molecule has 3 N–H and O–H groups in total. The molecule has 0 aliphatic carbocycles. The number of carboxylic acid groups (broad SMARTS) is 1. The predicted molar refractivity (Wildman–Crippen MR) is 151 cm³/mol. The number of carbonyl (C=O) groups is 2. The Kier molecular flexibility index (Phi) is 10.3. The van der Waals surface area contributed by atoms with Gasteiger partial charge in [0.05, 0.1) is 5.56 Å². The quantitative estimate of drug-likeness (QED) is 0.123. The van der Waals surface area contributed by atoms with Crippen LogP contribution < -0.4 is 10.1 Å². The number of rotatable bonds is 11. The fourth-order valence-electron chi connectivity index (χ4n) is 4.12. The van der Waals surface area contributed by atoms with Gasteiger partial charge in [0.15, 0.2) is 5.60 Å². The van der Waals surface area contributed by atoms with Crippen LogP contribution in [0.3, 0.4) is 0 Å². The molecule has 0 saturated carbocycles. The molecule has 0 fully saturated rings. The molecule has 2 amide bonds. The Morgan fingerprint density at radius 1 is 1.00 bits per heavy atom. The lowest BCUT2D eigenvalue weighted by atomic mass is 10.0. The molecule has 42 heavy (non-hydrogen) atoms. The van der Waals surface area contributed by atoms with E-state index in [-0.39, 0.29) is 30.9 Å². The topological polar surface area (TPSA) is 103 Å². The highest BCUT2D eigenvalue weighted by atomic mass is 19.4. The third-order valence-corrected chi connectivity index (χ3v) is 6.60. The molecule has 0 aliphatic heterocycles. The van der Waals surface area contributed by atoms with Gasteiger partial charge in [-0.3, -0.25) is 10.3 Å². The number of benzene rings is 3. The Hall–Kier alpha value is -4.41. The zero-order valence-corrected chi connectivity index (χ0v) is 23.5. The fourth-order valence-corrected chi connectivity index (χ4v) is 4.12. The zero-order chi connectivity index (χ0) is 31.1. The Morgan fingerprint density at radius 3 is 2.26 bits per heavy atom. The fraction of sp³-hybridized carbons (Fsp3) is 0.323. The lowest BCUT2D eigenvalue weighted by molar-refractivity contribution is -0.152. The minimum absolute atomic E-state index is 0.0171. The monoisotopic (exact) mass is 587 g/mol. The number of aliphatic carboxylic acids is 1. The number of hydrogen-bond donors (Lipinski definition) is 3. The van der Waals surface area contributed by atoms with Gasteiger partial charge in [-0.1, -0.05) is 30.3 Å². The van der Waals surface area contributed by atoms with Crippen LogP contribution in [-0.4, -0.2) is 40.0 Å². The highest BCUT2D eigenvalue weighted by molar-refractivity contribution is 6.02. The maximum Gasteiger partial charge on any atom is 0.416 e. The van der Waals surface area contributed by atoms with E-state index in [0.717, 1.165) is 40.3 Å². The van der Waals surface area contributed by atoms with Gasteiger partial charge in [0.25, 0.3) is 0 Å². The smallest absolute Gasteiger partial charge is 0.416 e. The van der Waals surface area contributed by atoms with Gasteiger partial charge in [-0.25, -0.2) is 14.0 Å². The first-order chi connectivity index (χ1) is 19.7. The minimum Gasteiger partial charge on any atom is -0.478 e. The van der Waals surface area contributed by atoms with Crippen molar-refractivity contribution in [1.82, 2.24) is 4.90 Å². The molecule has 0 unspecified atom stereocenters. The third kappa shape index (κ3) is 8.79. The number of urea groups is 1. The van der Waals surface area contributed by atoms with E-state index in [2.05, 4.69) is 5.32 Å². The molecule has 0 aromatic heterocycles. The molecule has 0 heterocycles. The van der Waals surface area contributed by atoms with Crippen LogP contribution in [0.15, 0.2) is 66.7 Å². The Labute approximate surface area is 241 Å². The Morgan fingerprint density at radius 2 is 1.67 bits per heavy atom. The number of carboxylic acids is 1. The van der Waals surface area contributed by atoms with Crippen LogP contribution in [0.25, 0.3) is 0 Å². The average molecular weight is 588 g/mol. The summed E-state index contributed by atoms with van der Waals surface area (Å²) in [5.41, 5.74) is -0.0895. The molecule has 0 spiro atoms. The maximum absolute atomic E-state index is 14.2. The summed E-state index contributed by atoms with van der Waals surface area (Å²) in [4.78, 5) is 25.6. The van der Waals surface area contributed by atoms with Gasteiger partial charge in [0, 0.05) is 18.7 Å². The van der Waals surface area contributed by atoms with Crippen molar-refractivity contribution in [2.75, 3.05) is 11.9 Å². The van der Waals surface area contributed by atoms with Crippen LogP contribution in [0.5, 0.6) is 5.75 Å². The summed E-state index contributed by atoms with van der Waals surface area (Å²) in [6, 6.07) is 14.7. The van der Waals surface area contributed by atoms with Crippen molar-refractivity contribution in [3.05, 3.63) is 94.8 Å². The van der Waals surface area contributed by atoms with Gasteiger partial charge in [0.2, 0.25) is 0 Å². The van der Waals surface area contributed by atoms with Crippen molar-refractivity contribution >= 4 is 23.5 Å². The highest BCUT2D eigenvalue weighted by Crippen LogP contribution is 2.30. The number of nitrogens with one attached hydrogen (secondary N) is 2. The van der Waals surface area contributed by atoms with E-state index in [1.807, 2.05) is 6.07 Å². The second-order valence-electron chi connectivity index (χ2n) is 10.3. The molecule has 3 aromatic rings. The van der Waals surface area contributed by atoms with Crippen LogP contribution in [0.4, 0.5) is 28.0 Å². The first-order valence-corrected chi connectivity index (χ1v) is 13.3. The molecule has 7 nitrogen and oxygen atoms in total. The second kappa shape index (κ2) is 13.5. The van der Waals surface area contributed by atoms with E-state index < -0.39 is 35.2 Å². The van der Waals surface area contributed by atoms with E-state index in [1.165, 1.54) is 19.9 Å². The lowest BCUT2D eigenvalue weighted by Gasteiger charge is -2.24. The van der Waals surface area contributed by atoms with Gasteiger partial charge in [-0.2, -0.15) is 13.2 Å². The lowest BCUT2D eigenvalue weighted by Crippen LogP contribution is -2.41. The summed E-state index contributed by atoms with van der Waals surface area (Å²) >= 11 is 0. The standard InChI is InChI=1S/C31H33F4N3O4/c1-20-19-21(11-16-26(20)42-30(2,3)28(39)40)7-6-10-27(36)38(18-17-22-8-4-5-9-25(22)32)29(41)37-24-14-12-23(13-15-24)31(33,34)35/h4-5,8-9,11-16,19,36H,6-7,10,17-18H2,1-3H3,(H,37,41)(H,39,40). The minimum atomic E-state index is -4.52. The van der Waals surface area contributed by atoms with Gasteiger partial charge in [-0.15, -0.1) is 0 Å². The number of hydrogen-bond acceptors (Lipinski definition) is 4. The third-order valence-electron chi connectivity index (χ3n) is 6.60. The van der Waals surface area contributed by atoms with Gasteiger partial charge >= 0.3 is 18.2 Å². The molecular formula is C31H33F4N3O4. The SMILES string of the molecule is Cc1cc(CCCC(=N)N(CCc2ccccc2F)C(=O)Nc2ccc(C(F)(F)F)cc2)ccc1OC(C)(C)C(=O)O. The predicted octanol–water partition coefficient (Wildman–Crippen LogP) is 7.47. The van der Waals surface area contributed by atoms with Crippen molar-refractivity contribution in [2.24, 2.45) is 0 Å². The molecule has 0 atom stereocenters. The molecule has 0 bridgehead atoms. The van der Waals surface area contributed by atoms with E-state index in [1.54, 1.807) is 37.3 Å². The maximum atomic E-state index is 14.2. The molecule has 224 valence electrons. The van der Waals surface area contributed by atoms with Crippen LogP contribution >= 0.6 is 0 Å². The molecule has 11 heteroatoms. The summed E-state index contributed by atoms with van der Waals surface area (Å²) in [5, 5.41) is 20.4. The number of halogens is 4. The number of amidine groups is 1. The molecule has 0 saturated heterocycles. The molecule has 3 rings (SSSR count). The molecular weight excluding hydrogens is 554 g/mol. The van der Waals surface area contributed by atoms with Crippen molar-refractivity contribution < 1.29 is 37.0 Å². The number of aryl methyl sites for hydroxylation is 2. The first kappa shape index (κ1) is 32.1. The van der Waals surface area contributed by atoms with Crippen LogP contribution in [0.1, 0.15) is 48.9 Å². The van der Waals surface area contributed by atoms with Crippen LogP contribution in [0.2, 0.25) is 0 Å².